The Bertz CT molecular complexity index is 937. The molecule has 2 aromatic heterocycles. The van der Waals surface area contributed by atoms with Crippen molar-refractivity contribution in [1.29, 1.82) is 0 Å². The van der Waals surface area contributed by atoms with Gasteiger partial charge in [0.1, 0.15) is 0 Å². The fourth-order valence-electron chi connectivity index (χ4n) is 3.47. The van der Waals surface area contributed by atoms with Gasteiger partial charge in [0.2, 0.25) is 0 Å². The van der Waals surface area contributed by atoms with E-state index in [0.717, 1.165) is 50.0 Å². The van der Waals surface area contributed by atoms with Crippen molar-refractivity contribution in [2.45, 2.75) is 19.5 Å². The van der Waals surface area contributed by atoms with Crippen LogP contribution in [0.15, 0.2) is 53.7 Å². The zero-order chi connectivity index (χ0) is 18.5. The highest BCUT2D eigenvalue weighted by Crippen LogP contribution is 2.17. The molecule has 0 bridgehead atoms. The monoisotopic (exact) mass is 491 g/mol. The normalized spacial score (nSPS) is 14.4. The molecule has 1 aromatic carbocycles. The average molecular weight is 491 g/mol. The van der Waals surface area contributed by atoms with Gasteiger partial charge in [0.25, 0.3) is 0 Å². The van der Waals surface area contributed by atoms with Crippen molar-refractivity contribution >= 4 is 35.6 Å². The lowest BCUT2D eigenvalue weighted by molar-refractivity contribution is 0.258. The zero-order valence-electron chi connectivity index (χ0n) is 16.0. The predicted octanol–water partition coefficient (Wildman–Crippen LogP) is 2.07. The van der Waals surface area contributed by atoms with Crippen molar-refractivity contribution in [3.63, 3.8) is 0 Å². The van der Waals surface area contributed by atoms with E-state index >= 15 is 0 Å². The molecule has 0 spiro atoms. The lowest BCUT2D eigenvalue weighted by Gasteiger charge is -2.28. The highest BCUT2D eigenvalue weighted by atomic mass is 127. The van der Waals surface area contributed by atoms with Gasteiger partial charge in [0, 0.05) is 39.4 Å². The van der Waals surface area contributed by atoms with Crippen LogP contribution in [-0.2, 0) is 19.5 Å². The van der Waals surface area contributed by atoms with E-state index in [9.17, 15) is 0 Å². The average Bonchev–Trinajstić information content (AvgIpc) is 3.13. The molecule has 0 unspecified atom stereocenters. The number of nitrogens with one attached hydrogen (secondary N) is 2. The second kappa shape index (κ2) is 9.83. The standard InChI is InChI=1S/C20H25N7.HI/c1-21-20(23-14-19-25-24-18-8-4-5-11-27(18)19)22-10-13-26-12-9-16-6-2-3-7-17(16)15-26;/h2-8,11H,9-10,12-15H2,1H3,(H2,21,22,23);1H. The third-order valence-electron chi connectivity index (χ3n) is 4.95. The summed E-state index contributed by atoms with van der Waals surface area (Å²) in [7, 11) is 1.79. The van der Waals surface area contributed by atoms with E-state index in [0.29, 0.717) is 6.54 Å². The van der Waals surface area contributed by atoms with E-state index in [-0.39, 0.29) is 24.0 Å². The molecular weight excluding hydrogens is 465 g/mol. The number of aliphatic imine (C=N–C) groups is 1. The number of benzene rings is 1. The van der Waals surface area contributed by atoms with E-state index in [4.69, 9.17) is 0 Å². The summed E-state index contributed by atoms with van der Waals surface area (Å²) in [6.07, 6.45) is 3.10. The van der Waals surface area contributed by atoms with Crippen molar-refractivity contribution in [1.82, 2.24) is 30.1 Å². The van der Waals surface area contributed by atoms with E-state index in [1.165, 1.54) is 11.1 Å². The first-order valence-electron chi connectivity index (χ1n) is 9.36. The van der Waals surface area contributed by atoms with Gasteiger partial charge in [0.15, 0.2) is 17.4 Å². The van der Waals surface area contributed by atoms with Crippen molar-refractivity contribution < 1.29 is 0 Å². The molecule has 1 aliphatic rings. The number of guanidine groups is 1. The van der Waals surface area contributed by atoms with Crippen LogP contribution in [0.2, 0.25) is 0 Å². The number of rotatable bonds is 5. The lowest BCUT2D eigenvalue weighted by atomic mass is 10.00. The molecule has 0 saturated carbocycles. The van der Waals surface area contributed by atoms with Crippen LogP contribution in [0.4, 0.5) is 0 Å². The second-order valence-corrected chi connectivity index (χ2v) is 6.69. The van der Waals surface area contributed by atoms with Gasteiger partial charge in [-0.2, -0.15) is 0 Å². The largest absolute Gasteiger partial charge is 0.355 e. The first kappa shape index (κ1) is 20.5. The Morgan fingerprint density at radius 2 is 1.89 bits per heavy atom. The Morgan fingerprint density at radius 3 is 2.75 bits per heavy atom. The number of halogens is 1. The van der Waals surface area contributed by atoms with Crippen LogP contribution in [0.3, 0.4) is 0 Å². The van der Waals surface area contributed by atoms with E-state index in [2.05, 4.69) is 55.0 Å². The van der Waals surface area contributed by atoms with Crippen LogP contribution >= 0.6 is 24.0 Å². The molecule has 1 aliphatic heterocycles. The molecule has 3 heterocycles. The van der Waals surface area contributed by atoms with Gasteiger partial charge in [-0.25, -0.2) is 0 Å². The fraction of sp³-hybridized carbons (Fsp3) is 0.350. The Kier molecular flexibility index (Phi) is 7.21. The first-order valence-corrected chi connectivity index (χ1v) is 9.36. The maximum Gasteiger partial charge on any atom is 0.191 e. The maximum absolute atomic E-state index is 4.30. The van der Waals surface area contributed by atoms with Crippen LogP contribution in [0.5, 0.6) is 0 Å². The SMILES string of the molecule is CN=C(NCCN1CCc2ccccc2C1)NCc1nnc2ccccn12.I. The Hall–Kier alpha value is -2.20. The first-order chi connectivity index (χ1) is 13.3. The Balaban J connectivity index is 0.00000225. The van der Waals surface area contributed by atoms with Crippen molar-refractivity contribution in [3.8, 4) is 0 Å². The van der Waals surface area contributed by atoms with Crippen LogP contribution in [0.1, 0.15) is 17.0 Å². The molecule has 28 heavy (non-hydrogen) atoms. The highest BCUT2D eigenvalue weighted by molar-refractivity contribution is 14.0. The summed E-state index contributed by atoms with van der Waals surface area (Å²) in [5.74, 6) is 1.64. The minimum atomic E-state index is 0. The number of hydrogen-bond donors (Lipinski definition) is 2. The number of fused-ring (bicyclic) bond motifs is 2. The van der Waals surface area contributed by atoms with Crippen molar-refractivity contribution in [3.05, 3.63) is 65.6 Å². The molecule has 8 heteroatoms. The van der Waals surface area contributed by atoms with E-state index in [1.807, 2.05) is 28.8 Å². The Labute approximate surface area is 182 Å². The van der Waals surface area contributed by atoms with Crippen molar-refractivity contribution in [2.24, 2.45) is 4.99 Å². The summed E-state index contributed by atoms with van der Waals surface area (Å²) in [6.45, 7) is 4.54. The molecule has 148 valence electrons. The summed E-state index contributed by atoms with van der Waals surface area (Å²) in [5, 5.41) is 15.1. The summed E-state index contributed by atoms with van der Waals surface area (Å²) >= 11 is 0. The smallest absolute Gasteiger partial charge is 0.191 e. The molecule has 0 fully saturated rings. The van der Waals surface area contributed by atoms with Gasteiger partial charge in [-0.3, -0.25) is 14.3 Å². The molecule has 7 nitrogen and oxygen atoms in total. The topological polar surface area (TPSA) is 69.8 Å². The molecular formula is C20H26IN7. The Morgan fingerprint density at radius 1 is 1.07 bits per heavy atom. The minimum Gasteiger partial charge on any atom is -0.355 e. The lowest BCUT2D eigenvalue weighted by Crippen LogP contribution is -2.42. The molecule has 0 atom stereocenters. The van der Waals surface area contributed by atoms with Crippen LogP contribution in [-0.4, -0.2) is 52.1 Å². The summed E-state index contributed by atoms with van der Waals surface area (Å²) in [6, 6.07) is 14.6. The summed E-state index contributed by atoms with van der Waals surface area (Å²) in [5.41, 5.74) is 3.78. The van der Waals surface area contributed by atoms with Gasteiger partial charge in [-0.15, -0.1) is 34.2 Å². The van der Waals surface area contributed by atoms with Gasteiger partial charge in [-0.1, -0.05) is 30.3 Å². The highest BCUT2D eigenvalue weighted by Gasteiger charge is 2.15. The number of hydrogen-bond acceptors (Lipinski definition) is 4. The maximum atomic E-state index is 4.30. The number of pyridine rings is 1. The van der Waals surface area contributed by atoms with E-state index < -0.39 is 0 Å². The molecule has 0 aliphatic carbocycles. The van der Waals surface area contributed by atoms with Gasteiger partial charge < -0.3 is 10.6 Å². The zero-order valence-corrected chi connectivity index (χ0v) is 18.3. The predicted molar refractivity (Wildman–Crippen MR) is 122 cm³/mol. The quantitative estimate of drug-likeness (QED) is 0.325. The molecule has 2 N–H and O–H groups in total. The van der Waals surface area contributed by atoms with Crippen LogP contribution < -0.4 is 10.6 Å². The van der Waals surface area contributed by atoms with Crippen LogP contribution in [0.25, 0.3) is 5.65 Å². The summed E-state index contributed by atoms with van der Waals surface area (Å²) < 4.78 is 1.98. The molecule has 4 rings (SSSR count). The van der Waals surface area contributed by atoms with Gasteiger partial charge in [0.05, 0.1) is 6.54 Å². The number of nitrogens with zero attached hydrogens (tertiary/aromatic N) is 5. The molecule has 0 radical (unpaired) electrons. The van der Waals surface area contributed by atoms with Crippen LogP contribution in [0, 0.1) is 0 Å². The molecule has 3 aromatic rings. The third kappa shape index (κ3) is 4.79. The minimum absolute atomic E-state index is 0. The van der Waals surface area contributed by atoms with Crippen molar-refractivity contribution in [2.75, 3.05) is 26.7 Å². The molecule has 0 amide bonds. The number of aromatic nitrogens is 3. The summed E-state index contributed by atoms with van der Waals surface area (Å²) in [4.78, 5) is 6.79. The molecule has 0 saturated heterocycles. The second-order valence-electron chi connectivity index (χ2n) is 6.69. The van der Waals surface area contributed by atoms with E-state index in [1.54, 1.807) is 7.05 Å². The third-order valence-corrected chi connectivity index (χ3v) is 4.95. The van der Waals surface area contributed by atoms with Gasteiger partial charge >= 0.3 is 0 Å². The fourth-order valence-corrected chi connectivity index (χ4v) is 3.47. The van der Waals surface area contributed by atoms with Gasteiger partial charge in [-0.05, 0) is 29.7 Å².